The highest BCUT2D eigenvalue weighted by molar-refractivity contribution is 6.83. The molecule has 0 aliphatic carbocycles. The van der Waals surface area contributed by atoms with Gasteiger partial charge in [-0.1, -0.05) is 37.2 Å². The summed E-state index contributed by atoms with van der Waals surface area (Å²) in [7, 11) is -1.50. The molecule has 1 aromatic rings. The smallest absolute Gasteiger partial charge is 0.341 e. The Hall–Kier alpha value is -1.44. The Morgan fingerprint density at radius 2 is 2.11 bits per heavy atom. The van der Waals surface area contributed by atoms with E-state index in [1.54, 1.807) is 18.2 Å². The molecule has 0 atom stereocenters. The second-order valence-corrected chi connectivity index (χ2v) is 10.0. The third-order valence-corrected chi connectivity index (χ3v) is 2.98. The van der Waals surface area contributed by atoms with Crippen LogP contribution in [0, 0.1) is 11.5 Å². The Bertz CT molecular complexity index is 509. The van der Waals surface area contributed by atoms with Gasteiger partial charge < -0.3 is 9.84 Å². The fourth-order valence-corrected chi connectivity index (χ4v) is 1.80. The van der Waals surface area contributed by atoms with Crippen molar-refractivity contribution in [3.63, 3.8) is 0 Å². The van der Waals surface area contributed by atoms with Crippen molar-refractivity contribution >= 4 is 25.6 Å². The molecule has 3 nitrogen and oxygen atoms in total. The van der Waals surface area contributed by atoms with Crippen LogP contribution in [0.25, 0.3) is 0 Å². The van der Waals surface area contributed by atoms with E-state index in [4.69, 9.17) is 21.4 Å². The molecule has 96 valence electrons. The molecule has 0 saturated heterocycles. The summed E-state index contributed by atoms with van der Waals surface area (Å²) in [5.74, 6) is 2.46. The number of rotatable bonds is 3. The molecule has 0 aliphatic heterocycles. The predicted molar refractivity (Wildman–Crippen MR) is 74.8 cm³/mol. The van der Waals surface area contributed by atoms with E-state index in [0.29, 0.717) is 16.3 Å². The first kappa shape index (κ1) is 14.6. The summed E-state index contributed by atoms with van der Waals surface area (Å²) in [6.45, 7) is 6.00. The standard InChI is InChI=1S/C13H15ClO3Si/c1-18(2,3)7-6-10-8-11(14)4-5-12(10)17-9-13(15)16/h4-5,8H,9H2,1-3H3,(H,15,16). The SMILES string of the molecule is C[Si](C)(C)C#Cc1cc(Cl)ccc1OCC(=O)O. The largest absolute Gasteiger partial charge is 0.481 e. The van der Waals surface area contributed by atoms with Crippen molar-refractivity contribution in [3.05, 3.63) is 28.8 Å². The van der Waals surface area contributed by atoms with Crippen LogP contribution in [-0.2, 0) is 4.79 Å². The minimum Gasteiger partial charge on any atom is -0.481 e. The fraction of sp³-hybridized carbons (Fsp3) is 0.308. The Morgan fingerprint density at radius 1 is 1.44 bits per heavy atom. The van der Waals surface area contributed by atoms with Crippen molar-refractivity contribution in [1.29, 1.82) is 0 Å². The lowest BCUT2D eigenvalue weighted by Crippen LogP contribution is -2.16. The van der Waals surface area contributed by atoms with Crippen LogP contribution in [0.5, 0.6) is 5.75 Å². The first-order valence-corrected chi connectivity index (χ1v) is 9.33. The third kappa shape index (κ3) is 5.26. The van der Waals surface area contributed by atoms with Crippen molar-refractivity contribution in [3.8, 4) is 17.2 Å². The van der Waals surface area contributed by atoms with Crippen LogP contribution in [0.4, 0.5) is 0 Å². The average molecular weight is 283 g/mol. The van der Waals surface area contributed by atoms with E-state index in [1.807, 2.05) is 0 Å². The van der Waals surface area contributed by atoms with Crippen molar-refractivity contribution in [2.24, 2.45) is 0 Å². The zero-order valence-corrected chi connectivity index (χ0v) is 12.3. The van der Waals surface area contributed by atoms with Gasteiger partial charge in [0, 0.05) is 5.02 Å². The molecule has 0 amide bonds. The number of carboxylic acid groups (broad SMARTS) is 1. The molecule has 1 rings (SSSR count). The van der Waals surface area contributed by atoms with Gasteiger partial charge in [0.1, 0.15) is 13.8 Å². The van der Waals surface area contributed by atoms with Gasteiger partial charge in [-0.3, -0.25) is 0 Å². The zero-order valence-electron chi connectivity index (χ0n) is 10.6. The summed E-state index contributed by atoms with van der Waals surface area (Å²) in [5, 5.41) is 9.15. The van der Waals surface area contributed by atoms with Gasteiger partial charge in [0.2, 0.25) is 0 Å². The average Bonchev–Trinajstić information content (AvgIpc) is 2.23. The molecule has 0 aliphatic rings. The van der Waals surface area contributed by atoms with Crippen LogP contribution in [0.15, 0.2) is 18.2 Å². The quantitative estimate of drug-likeness (QED) is 0.685. The van der Waals surface area contributed by atoms with Crippen LogP contribution in [0.3, 0.4) is 0 Å². The highest BCUT2D eigenvalue weighted by Crippen LogP contribution is 2.22. The number of carbonyl (C=O) groups is 1. The number of halogens is 1. The van der Waals surface area contributed by atoms with Gasteiger partial charge in [0.05, 0.1) is 5.56 Å². The predicted octanol–water partition coefficient (Wildman–Crippen LogP) is 3.03. The van der Waals surface area contributed by atoms with Crippen LogP contribution in [0.2, 0.25) is 24.7 Å². The fourth-order valence-electron chi connectivity index (χ4n) is 1.12. The highest BCUT2D eigenvalue weighted by atomic mass is 35.5. The van der Waals surface area contributed by atoms with Crippen LogP contribution in [-0.4, -0.2) is 25.8 Å². The summed E-state index contributed by atoms with van der Waals surface area (Å²) in [4.78, 5) is 10.5. The molecule has 1 aromatic carbocycles. The lowest BCUT2D eigenvalue weighted by atomic mass is 10.2. The lowest BCUT2D eigenvalue weighted by molar-refractivity contribution is -0.139. The minimum absolute atomic E-state index is 0.386. The second kappa shape index (κ2) is 5.94. The van der Waals surface area contributed by atoms with Crippen molar-refractivity contribution in [1.82, 2.24) is 0 Å². The molecular weight excluding hydrogens is 268 g/mol. The topological polar surface area (TPSA) is 46.5 Å². The Kier molecular flexibility index (Phi) is 4.82. The highest BCUT2D eigenvalue weighted by Gasteiger charge is 2.09. The van der Waals surface area contributed by atoms with Crippen LogP contribution in [0.1, 0.15) is 5.56 Å². The monoisotopic (exact) mass is 282 g/mol. The maximum Gasteiger partial charge on any atom is 0.341 e. The van der Waals surface area contributed by atoms with Gasteiger partial charge in [0.25, 0.3) is 0 Å². The van der Waals surface area contributed by atoms with E-state index in [-0.39, 0.29) is 6.61 Å². The van der Waals surface area contributed by atoms with Gasteiger partial charge in [0.15, 0.2) is 6.61 Å². The maximum absolute atomic E-state index is 10.5. The summed E-state index contributed by atoms with van der Waals surface area (Å²) < 4.78 is 5.17. The van der Waals surface area contributed by atoms with E-state index in [1.165, 1.54) is 0 Å². The van der Waals surface area contributed by atoms with Crippen molar-refractivity contribution in [2.75, 3.05) is 6.61 Å². The zero-order chi connectivity index (χ0) is 13.8. The molecule has 0 fully saturated rings. The Morgan fingerprint density at radius 3 is 2.67 bits per heavy atom. The normalized spacial score (nSPS) is 10.4. The minimum atomic E-state index is -1.50. The molecular formula is C13H15ClO3Si. The number of ether oxygens (including phenoxy) is 1. The molecule has 0 aromatic heterocycles. The molecule has 1 N–H and O–H groups in total. The number of hydrogen-bond donors (Lipinski definition) is 1. The lowest BCUT2D eigenvalue weighted by Gasteiger charge is -2.07. The van der Waals surface area contributed by atoms with Gasteiger partial charge in [-0.05, 0) is 18.2 Å². The number of carboxylic acids is 1. The summed E-state index contributed by atoms with van der Waals surface area (Å²) in [5.41, 5.74) is 3.83. The number of hydrogen-bond acceptors (Lipinski definition) is 2. The maximum atomic E-state index is 10.5. The van der Waals surface area contributed by atoms with Gasteiger partial charge >= 0.3 is 5.97 Å². The summed E-state index contributed by atoms with van der Waals surface area (Å²) in [6, 6.07) is 4.98. The van der Waals surface area contributed by atoms with Crippen molar-refractivity contribution in [2.45, 2.75) is 19.6 Å². The van der Waals surface area contributed by atoms with Gasteiger partial charge in [-0.15, -0.1) is 5.54 Å². The third-order valence-electron chi connectivity index (χ3n) is 1.86. The van der Waals surface area contributed by atoms with E-state index in [2.05, 4.69) is 31.1 Å². The van der Waals surface area contributed by atoms with E-state index in [9.17, 15) is 4.79 Å². The molecule has 0 radical (unpaired) electrons. The van der Waals surface area contributed by atoms with Gasteiger partial charge in [-0.25, -0.2) is 4.79 Å². The second-order valence-electron chi connectivity index (χ2n) is 4.82. The van der Waals surface area contributed by atoms with Crippen LogP contribution < -0.4 is 4.74 Å². The number of benzene rings is 1. The molecule has 0 heterocycles. The molecule has 0 spiro atoms. The van der Waals surface area contributed by atoms with E-state index >= 15 is 0 Å². The Labute approximate surface area is 113 Å². The molecule has 0 unspecified atom stereocenters. The molecule has 0 bridgehead atoms. The number of aliphatic carboxylic acids is 1. The van der Waals surface area contributed by atoms with E-state index in [0.717, 1.165) is 0 Å². The first-order valence-electron chi connectivity index (χ1n) is 5.45. The summed E-state index contributed by atoms with van der Waals surface area (Å²) in [6.07, 6.45) is 0. The van der Waals surface area contributed by atoms with Crippen LogP contribution >= 0.6 is 11.6 Å². The van der Waals surface area contributed by atoms with E-state index < -0.39 is 14.0 Å². The molecule has 18 heavy (non-hydrogen) atoms. The first-order chi connectivity index (χ1) is 8.28. The van der Waals surface area contributed by atoms with Gasteiger partial charge in [-0.2, -0.15) is 0 Å². The molecule has 0 saturated carbocycles. The molecule has 5 heteroatoms. The van der Waals surface area contributed by atoms with Crippen molar-refractivity contribution < 1.29 is 14.6 Å². The Balaban J connectivity index is 3.03. The summed E-state index contributed by atoms with van der Waals surface area (Å²) >= 11 is 5.90.